The topological polar surface area (TPSA) is 63.9 Å². The second-order valence-electron chi connectivity index (χ2n) is 7.76. The molecular formula is C23H26N4O3. The summed E-state index contributed by atoms with van der Waals surface area (Å²) in [5.74, 6) is 2.60. The molecule has 1 atom stereocenters. The number of piperazine rings is 1. The second kappa shape index (κ2) is 8.36. The van der Waals surface area contributed by atoms with Gasteiger partial charge in [0.25, 0.3) is 0 Å². The third-order valence-electron chi connectivity index (χ3n) is 5.84. The highest BCUT2D eigenvalue weighted by Crippen LogP contribution is 2.33. The molecule has 156 valence electrons. The van der Waals surface area contributed by atoms with Crippen molar-refractivity contribution < 1.29 is 14.0 Å². The number of nitrogens with zero attached hydrogens (tertiary/aromatic N) is 4. The normalized spacial score (nSPS) is 17.3. The molecule has 1 aromatic heterocycles. The first-order chi connectivity index (χ1) is 14.8. The Hall–Kier alpha value is -3.06. The predicted octanol–water partition coefficient (Wildman–Crippen LogP) is 3.66. The quantitative estimate of drug-likeness (QED) is 0.619. The minimum Gasteiger partial charge on any atom is -0.454 e. The van der Waals surface area contributed by atoms with Gasteiger partial charge in [-0.15, -0.1) is 0 Å². The van der Waals surface area contributed by atoms with Crippen molar-refractivity contribution >= 4 is 6.01 Å². The predicted molar refractivity (Wildman–Crippen MR) is 113 cm³/mol. The summed E-state index contributed by atoms with van der Waals surface area (Å²) in [6.45, 7) is 6.99. The zero-order valence-electron chi connectivity index (χ0n) is 17.2. The van der Waals surface area contributed by atoms with Crippen molar-refractivity contribution in [2.45, 2.75) is 25.8 Å². The van der Waals surface area contributed by atoms with Crippen LogP contribution in [-0.4, -0.2) is 48.0 Å². The van der Waals surface area contributed by atoms with Crippen LogP contribution in [0.2, 0.25) is 0 Å². The fourth-order valence-corrected chi connectivity index (χ4v) is 4.14. The van der Waals surface area contributed by atoms with Crippen molar-refractivity contribution in [2.75, 3.05) is 37.9 Å². The summed E-state index contributed by atoms with van der Waals surface area (Å²) in [5.41, 5.74) is 2.46. The lowest BCUT2D eigenvalue weighted by atomic mass is 9.96. The Balaban J connectivity index is 1.20. The third-order valence-corrected chi connectivity index (χ3v) is 5.84. The van der Waals surface area contributed by atoms with Crippen molar-refractivity contribution in [3.63, 3.8) is 0 Å². The molecular weight excluding hydrogens is 380 g/mol. The molecule has 0 saturated carbocycles. The number of anilines is 1. The van der Waals surface area contributed by atoms with E-state index in [0.29, 0.717) is 12.8 Å². The number of hydrogen-bond donors (Lipinski definition) is 0. The molecule has 2 aliphatic rings. The maximum absolute atomic E-state index is 5.63. The van der Waals surface area contributed by atoms with Crippen molar-refractivity contribution in [2.24, 2.45) is 0 Å². The number of aromatic nitrogens is 2. The van der Waals surface area contributed by atoms with Gasteiger partial charge in [-0.1, -0.05) is 48.5 Å². The Morgan fingerprint density at radius 2 is 1.77 bits per heavy atom. The van der Waals surface area contributed by atoms with Gasteiger partial charge in [0.2, 0.25) is 6.79 Å². The minimum absolute atomic E-state index is 0.163. The fourth-order valence-electron chi connectivity index (χ4n) is 4.14. The number of fused-ring (bicyclic) bond motifs is 1. The highest BCUT2D eigenvalue weighted by molar-refractivity contribution is 5.44. The number of hydrogen-bond acceptors (Lipinski definition) is 7. The Labute approximate surface area is 176 Å². The van der Waals surface area contributed by atoms with Crippen LogP contribution in [0.15, 0.2) is 53.1 Å². The van der Waals surface area contributed by atoms with E-state index >= 15 is 0 Å². The van der Waals surface area contributed by atoms with Gasteiger partial charge in [-0.05, 0) is 29.7 Å². The highest BCUT2D eigenvalue weighted by Gasteiger charge is 2.25. The van der Waals surface area contributed by atoms with Crippen LogP contribution in [0.25, 0.3) is 0 Å². The zero-order valence-corrected chi connectivity index (χ0v) is 17.2. The summed E-state index contributed by atoms with van der Waals surface area (Å²) >= 11 is 0. The molecule has 3 aromatic rings. The van der Waals surface area contributed by atoms with Crippen molar-refractivity contribution in [3.05, 3.63) is 65.5 Å². The van der Waals surface area contributed by atoms with Gasteiger partial charge in [0.1, 0.15) is 0 Å². The first kappa shape index (κ1) is 18.9. The largest absolute Gasteiger partial charge is 0.454 e. The van der Waals surface area contributed by atoms with E-state index in [1.807, 2.05) is 12.1 Å². The standard InChI is InChI=1S/C23H26N4O3/c1-2-19(18-6-4-3-5-7-18)22-24-23(30-25-22)27-12-10-26(11-13-27)15-17-8-9-20-21(14-17)29-16-28-20/h3-9,14,19H,2,10-13,15-16H2,1H3. The number of rotatable bonds is 6. The lowest BCUT2D eigenvalue weighted by Gasteiger charge is -2.33. The Morgan fingerprint density at radius 3 is 2.57 bits per heavy atom. The maximum Gasteiger partial charge on any atom is 0.324 e. The smallest absolute Gasteiger partial charge is 0.324 e. The second-order valence-corrected chi connectivity index (χ2v) is 7.76. The molecule has 0 N–H and O–H groups in total. The van der Waals surface area contributed by atoms with E-state index in [-0.39, 0.29) is 5.92 Å². The van der Waals surface area contributed by atoms with E-state index in [9.17, 15) is 0 Å². The van der Waals surface area contributed by atoms with Crippen LogP contribution in [-0.2, 0) is 6.54 Å². The Kier molecular flexibility index (Phi) is 5.27. The number of benzene rings is 2. The van der Waals surface area contributed by atoms with Crippen molar-refractivity contribution in [1.82, 2.24) is 15.0 Å². The molecule has 2 aromatic carbocycles. The molecule has 0 spiro atoms. The average Bonchev–Trinajstić information content (AvgIpc) is 3.45. The lowest BCUT2D eigenvalue weighted by molar-refractivity contribution is 0.174. The fraction of sp³-hybridized carbons (Fsp3) is 0.391. The van der Waals surface area contributed by atoms with Gasteiger partial charge in [0, 0.05) is 38.6 Å². The summed E-state index contributed by atoms with van der Waals surface area (Å²) in [7, 11) is 0. The SMILES string of the molecule is CCC(c1ccccc1)c1noc(N2CCN(Cc3ccc4c(c3)OCO4)CC2)n1. The lowest BCUT2D eigenvalue weighted by Crippen LogP contribution is -2.46. The van der Waals surface area contributed by atoms with Gasteiger partial charge in [-0.3, -0.25) is 4.90 Å². The summed E-state index contributed by atoms with van der Waals surface area (Å²) in [6, 6.07) is 17.2. The zero-order chi connectivity index (χ0) is 20.3. The number of ether oxygens (including phenoxy) is 2. The molecule has 0 bridgehead atoms. The Morgan fingerprint density at radius 1 is 0.967 bits per heavy atom. The van der Waals surface area contributed by atoms with Gasteiger partial charge >= 0.3 is 6.01 Å². The Bertz CT molecular complexity index is 983. The van der Waals surface area contributed by atoms with Crippen molar-refractivity contribution in [3.8, 4) is 11.5 Å². The van der Waals surface area contributed by atoms with E-state index in [4.69, 9.17) is 19.0 Å². The van der Waals surface area contributed by atoms with Crippen LogP contribution in [0, 0.1) is 0 Å². The summed E-state index contributed by atoms with van der Waals surface area (Å²) in [4.78, 5) is 9.35. The van der Waals surface area contributed by atoms with Crippen LogP contribution in [0.4, 0.5) is 6.01 Å². The van der Waals surface area contributed by atoms with Gasteiger partial charge in [-0.25, -0.2) is 0 Å². The highest BCUT2D eigenvalue weighted by atomic mass is 16.7. The first-order valence-electron chi connectivity index (χ1n) is 10.5. The third kappa shape index (κ3) is 3.85. The monoisotopic (exact) mass is 406 g/mol. The van der Waals surface area contributed by atoms with Gasteiger partial charge in [0.05, 0.1) is 0 Å². The molecule has 2 aliphatic heterocycles. The molecule has 5 rings (SSSR count). The average molecular weight is 406 g/mol. The van der Waals surface area contributed by atoms with E-state index < -0.39 is 0 Å². The van der Waals surface area contributed by atoms with Crippen LogP contribution in [0.5, 0.6) is 11.5 Å². The maximum atomic E-state index is 5.63. The molecule has 0 radical (unpaired) electrons. The summed E-state index contributed by atoms with van der Waals surface area (Å²) in [5, 5.41) is 4.29. The molecule has 0 aliphatic carbocycles. The summed E-state index contributed by atoms with van der Waals surface area (Å²) < 4.78 is 16.5. The van der Waals surface area contributed by atoms with E-state index in [2.05, 4.69) is 58.3 Å². The van der Waals surface area contributed by atoms with Crippen LogP contribution in [0.3, 0.4) is 0 Å². The van der Waals surface area contributed by atoms with E-state index in [1.165, 1.54) is 11.1 Å². The first-order valence-corrected chi connectivity index (χ1v) is 10.5. The van der Waals surface area contributed by atoms with Crippen LogP contribution in [0.1, 0.15) is 36.2 Å². The molecule has 7 nitrogen and oxygen atoms in total. The van der Waals surface area contributed by atoms with Gasteiger partial charge in [0.15, 0.2) is 17.3 Å². The van der Waals surface area contributed by atoms with Crippen LogP contribution < -0.4 is 14.4 Å². The molecule has 7 heteroatoms. The van der Waals surface area contributed by atoms with Crippen LogP contribution >= 0.6 is 0 Å². The van der Waals surface area contributed by atoms with E-state index in [0.717, 1.165) is 56.5 Å². The van der Waals surface area contributed by atoms with Crippen molar-refractivity contribution in [1.29, 1.82) is 0 Å². The molecule has 3 heterocycles. The molecule has 1 fully saturated rings. The molecule has 1 saturated heterocycles. The van der Waals surface area contributed by atoms with Gasteiger partial charge < -0.3 is 18.9 Å². The molecule has 0 amide bonds. The minimum atomic E-state index is 0.163. The summed E-state index contributed by atoms with van der Waals surface area (Å²) in [6.07, 6.45) is 0.937. The molecule has 1 unspecified atom stereocenters. The van der Waals surface area contributed by atoms with Gasteiger partial charge in [-0.2, -0.15) is 4.98 Å². The van der Waals surface area contributed by atoms with E-state index in [1.54, 1.807) is 0 Å². The molecule has 30 heavy (non-hydrogen) atoms.